The highest BCUT2D eigenvalue weighted by molar-refractivity contribution is 7.98. The third-order valence-corrected chi connectivity index (χ3v) is 2.72. The molecule has 0 fully saturated rings. The fourth-order valence-electron chi connectivity index (χ4n) is 1.29. The van der Waals surface area contributed by atoms with Crippen LogP contribution in [0.5, 0.6) is 0 Å². The summed E-state index contributed by atoms with van der Waals surface area (Å²) in [5.41, 5.74) is 0. The van der Waals surface area contributed by atoms with Crippen LogP contribution < -0.4 is 0 Å². The van der Waals surface area contributed by atoms with Crippen molar-refractivity contribution in [3.63, 3.8) is 0 Å². The van der Waals surface area contributed by atoms with Crippen molar-refractivity contribution in [1.29, 1.82) is 0 Å². The van der Waals surface area contributed by atoms with E-state index in [1.165, 1.54) is 0 Å². The fraction of sp³-hybridized carbons (Fsp3) is 0.900. The number of hydrogen-bond donors (Lipinski definition) is 0. The van der Waals surface area contributed by atoms with E-state index in [1.54, 1.807) is 11.8 Å². The number of hydrogen-bond acceptors (Lipinski definition) is 4. The van der Waals surface area contributed by atoms with E-state index in [4.69, 9.17) is 4.74 Å². The van der Waals surface area contributed by atoms with Gasteiger partial charge in [-0.05, 0) is 26.6 Å². The van der Waals surface area contributed by atoms with E-state index in [1.807, 2.05) is 20.9 Å². The van der Waals surface area contributed by atoms with Crippen LogP contribution in [0.15, 0.2) is 0 Å². The summed E-state index contributed by atoms with van der Waals surface area (Å²) in [4.78, 5) is 13.6. The molecular formula is C10H21NO2S. The molecule has 0 bridgehead atoms. The third-order valence-electron chi connectivity index (χ3n) is 2.13. The topological polar surface area (TPSA) is 29.5 Å². The average Bonchev–Trinajstić information content (AvgIpc) is 2.16. The molecule has 0 saturated carbocycles. The van der Waals surface area contributed by atoms with Gasteiger partial charge in [0, 0.05) is 12.3 Å². The monoisotopic (exact) mass is 219 g/mol. The molecule has 0 aliphatic rings. The second kappa shape index (κ2) is 8.12. The summed E-state index contributed by atoms with van der Waals surface area (Å²) in [6.45, 7) is 5.24. The Bertz CT molecular complexity index is 164. The van der Waals surface area contributed by atoms with Crippen LogP contribution in [-0.4, -0.2) is 49.1 Å². The van der Waals surface area contributed by atoms with Crippen molar-refractivity contribution in [2.45, 2.75) is 26.3 Å². The number of nitrogens with zero attached hydrogens (tertiary/aromatic N) is 1. The van der Waals surface area contributed by atoms with Crippen LogP contribution in [0.2, 0.25) is 0 Å². The third kappa shape index (κ3) is 4.86. The first-order chi connectivity index (χ1) is 6.67. The van der Waals surface area contributed by atoms with Crippen LogP contribution in [0.25, 0.3) is 0 Å². The fourth-order valence-corrected chi connectivity index (χ4v) is 1.76. The quantitative estimate of drug-likeness (QED) is 0.609. The number of likely N-dealkylation sites (N-methyl/N-ethyl adjacent to an activating group) is 1. The second-order valence-corrected chi connectivity index (χ2v) is 4.14. The van der Waals surface area contributed by atoms with Gasteiger partial charge in [0.15, 0.2) is 0 Å². The molecule has 0 N–H and O–H groups in total. The highest BCUT2D eigenvalue weighted by atomic mass is 32.2. The Balaban J connectivity index is 4.03. The van der Waals surface area contributed by atoms with Crippen molar-refractivity contribution < 1.29 is 9.53 Å². The van der Waals surface area contributed by atoms with Gasteiger partial charge in [0.25, 0.3) is 0 Å². The minimum atomic E-state index is -0.0985. The SMILES string of the molecule is CCOC(=O)C(CC)N(C)CCSC. The van der Waals surface area contributed by atoms with Crippen molar-refractivity contribution in [3.8, 4) is 0 Å². The predicted octanol–water partition coefficient (Wildman–Crippen LogP) is 1.62. The van der Waals surface area contributed by atoms with Crippen LogP contribution in [0, 0.1) is 0 Å². The lowest BCUT2D eigenvalue weighted by Gasteiger charge is -2.24. The van der Waals surface area contributed by atoms with Gasteiger partial charge in [0.05, 0.1) is 6.61 Å². The van der Waals surface area contributed by atoms with Crippen molar-refractivity contribution in [2.75, 3.05) is 32.2 Å². The lowest BCUT2D eigenvalue weighted by molar-refractivity contribution is -0.149. The molecule has 0 aromatic rings. The van der Waals surface area contributed by atoms with Gasteiger partial charge < -0.3 is 4.74 Å². The number of thioether (sulfide) groups is 1. The zero-order chi connectivity index (χ0) is 11.0. The van der Waals surface area contributed by atoms with Crippen LogP contribution in [0.4, 0.5) is 0 Å². The molecule has 4 heteroatoms. The molecule has 0 heterocycles. The van der Waals surface area contributed by atoms with E-state index in [2.05, 4.69) is 11.2 Å². The molecule has 3 nitrogen and oxygen atoms in total. The number of rotatable bonds is 7. The Morgan fingerprint density at radius 1 is 1.50 bits per heavy atom. The van der Waals surface area contributed by atoms with Crippen LogP contribution in [0.1, 0.15) is 20.3 Å². The first kappa shape index (κ1) is 13.8. The molecule has 0 aromatic carbocycles. The highest BCUT2D eigenvalue weighted by Crippen LogP contribution is 2.05. The van der Waals surface area contributed by atoms with Crippen LogP contribution in [-0.2, 0) is 9.53 Å². The second-order valence-electron chi connectivity index (χ2n) is 3.15. The molecule has 0 aromatic heterocycles. The van der Waals surface area contributed by atoms with Crippen molar-refractivity contribution in [2.24, 2.45) is 0 Å². The van der Waals surface area contributed by atoms with Crippen molar-refractivity contribution >= 4 is 17.7 Å². The van der Waals surface area contributed by atoms with Gasteiger partial charge in [-0.2, -0.15) is 11.8 Å². The zero-order valence-electron chi connectivity index (χ0n) is 9.58. The molecule has 0 saturated heterocycles. The van der Waals surface area contributed by atoms with Crippen LogP contribution in [0.3, 0.4) is 0 Å². The lowest BCUT2D eigenvalue weighted by atomic mass is 10.2. The Hall–Kier alpha value is -0.220. The summed E-state index contributed by atoms with van der Waals surface area (Å²) in [5.74, 6) is 0.950. The molecule has 0 radical (unpaired) electrons. The average molecular weight is 219 g/mol. The van der Waals surface area contributed by atoms with Crippen molar-refractivity contribution in [1.82, 2.24) is 4.90 Å². The van der Waals surface area contributed by atoms with Gasteiger partial charge in [0.1, 0.15) is 6.04 Å². The molecule has 1 atom stereocenters. The maximum atomic E-state index is 11.5. The first-order valence-electron chi connectivity index (χ1n) is 5.03. The zero-order valence-corrected chi connectivity index (χ0v) is 10.4. The van der Waals surface area contributed by atoms with E-state index >= 15 is 0 Å². The predicted molar refractivity (Wildman–Crippen MR) is 61.7 cm³/mol. The lowest BCUT2D eigenvalue weighted by Crippen LogP contribution is -2.40. The Morgan fingerprint density at radius 2 is 2.14 bits per heavy atom. The van der Waals surface area contributed by atoms with E-state index in [-0.39, 0.29) is 12.0 Å². The van der Waals surface area contributed by atoms with Gasteiger partial charge >= 0.3 is 5.97 Å². The summed E-state index contributed by atoms with van der Waals surface area (Å²) in [5, 5.41) is 0. The summed E-state index contributed by atoms with van der Waals surface area (Å²) in [6.07, 6.45) is 2.88. The smallest absolute Gasteiger partial charge is 0.323 e. The maximum Gasteiger partial charge on any atom is 0.323 e. The molecule has 0 amide bonds. The van der Waals surface area contributed by atoms with Gasteiger partial charge in [-0.3, -0.25) is 9.69 Å². The summed E-state index contributed by atoms with van der Waals surface area (Å²) in [6, 6.07) is -0.0814. The largest absolute Gasteiger partial charge is 0.465 e. The van der Waals surface area contributed by atoms with E-state index in [9.17, 15) is 4.79 Å². The Kier molecular flexibility index (Phi) is 7.99. The molecule has 0 rings (SSSR count). The van der Waals surface area contributed by atoms with E-state index in [0.717, 1.165) is 18.7 Å². The number of carbonyl (C=O) groups is 1. The molecule has 0 aliphatic heterocycles. The van der Waals surface area contributed by atoms with Crippen LogP contribution >= 0.6 is 11.8 Å². The van der Waals surface area contributed by atoms with Gasteiger partial charge in [-0.15, -0.1) is 0 Å². The first-order valence-corrected chi connectivity index (χ1v) is 6.42. The minimum absolute atomic E-state index is 0.0814. The van der Waals surface area contributed by atoms with E-state index in [0.29, 0.717) is 6.61 Å². The van der Waals surface area contributed by atoms with Crippen molar-refractivity contribution in [3.05, 3.63) is 0 Å². The Morgan fingerprint density at radius 3 is 2.57 bits per heavy atom. The van der Waals surface area contributed by atoms with Gasteiger partial charge in [0.2, 0.25) is 0 Å². The Labute approximate surface area is 91.2 Å². The number of carbonyl (C=O) groups excluding carboxylic acids is 1. The number of esters is 1. The summed E-state index contributed by atoms with van der Waals surface area (Å²) < 4.78 is 5.01. The molecular weight excluding hydrogens is 198 g/mol. The van der Waals surface area contributed by atoms with Gasteiger partial charge in [-0.1, -0.05) is 6.92 Å². The maximum absolute atomic E-state index is 11.5. The molecule has 0 aliphatic carbocycles. The normalized spacial score (nSPS) is 12.9. The highest BCUT2D eigenvalue weighted by Gasteiger charge is 2.21. The standard InChI is InChI=1S/C10H21NO2S/c1-5-9(10(12)13-6-2)11(3)7-8-14-4/h9H,5-8H2,1-4H3. The number of ether oxygens (including phenoxy) is 1. The molecule has 84 valence electrons. The molecule has 14 heavy (non-hydrogen) atoms. The van der Waals surface area contributed by atoms with Gasteiger partial charge in [-0.25, -0.2) is 0 Å². The molecule has 0 spiro atoms. The summed E-state index contributed by atoms with van der Waals surface area (Å²) in [7, 11) is 1.97. The molecule has 1 unspecified atom stereocenters. The minimum Gasteiger partial charge on any atom is -0.465 e. The van der Waals surface area contributed by atoms with E-state index < -0.39 is 0 Å². The summed E-state index contributed by atoms with van der Waals surface area (Å²) >= 11 is 1.79.